The maximum absolute atomic E-state index is 11.8. The van der Waals surface area contributed by atoms with Crippen molar-refractivity contribution in [3.05, 3.63) is 71.3 Å². The molecule has 0 fully saturated rings. The Morgan fingerprint density at radius 3 is 2.27 bits per heavy atom. The maximum Gasteiger partial charge on any atom is 0.337 e. The van der Waals surface area contributed by atoms with Gasteiger partial charge in [-0.25, -0.2) is 4.79 Å². The molecule has 0 radical (unpaired) electrons. The minimum Gasteiger partial charge on any atom is -0.465 e. The van der Waals surface area contributed by atoms with Crippen LogP contribution in [0.25, 0.3) is 0 Å². The van der Waals surface area contributed by atoms with Crippen LogP contribution in [0.5, 0.6) is 0 Å². The highest BCUT2D eigenvalue weighted by atomic mass is 16.5. The third-order valence-electron chi connectivity index (χ3n) is 3.35. The first-order valence-electron chi connectivity index (χ1n) is 7.17. The van der Waals surface area contributed by atoms with Gasteiger partial charge < -0.3 is 10.1 Å². The van der Waals surface area contributed by atoms with Gasteiger partial charge in [0.25, 0.3) is 0 Å². The van der Waals surface area contributed by atoms with Crippen molar-refractivity contribution in [3.63, 3.8) is 0 Å². The van der Waals surface area contributed by atoms with Gasteiger partial charge in [-0.2, -0.15) is 0 Å². The lowest BCUT2D eigenvalue weighted by Crippen LogP contribution is -2.23. The average molecular weight is 297 g/mol. The first-order valence-corrected chi connectivity index (χ1v) is 7.17. The van der Waals surface area contributed by atoms with E-state index < -0.39 is 0 Å². The number of carbonyl (C=O) groups excluding carboxylic acids is 2. The molecule has 0 bridgehead atoms. The Balaban J connectivity index is 1.77. The molecule has 0 aliphatic rings. The Morgan fingerprint density at radius 2 is 1.64 bits per heavy atom. The van der Waals surface area contributed by atoms with E-state index in [0.717, 1.165) is 17.5 Å². The van der Waals surface area contributed by atoms with Crippen LogP contribution >= 0.6 is 0 Å². The largest absolute Gasteiger partial charge is 0.465 e. The minimum absolute atomic E-state index is 0.0147. The molecule has 2 aromatic rings. The lowest BCUT2D eigenvalue weighted by atomic mass is 10.1. The van der Waals surface area contributed by atoms with Crippen LogP contribution in [0.3, 0.4) is 0 Å². The van der Waals surface area contributed by atoms with Crippen molar-refractivity contribution in [2.75, 3.05) is 7.11 Å². The number of nitrogens with one attached hydrogen (secondary N) is 1. The first kappa shape index (κ1) is 15.8. The van der Waals surface area contributed by atoms with Gasteiger partial charge in [0.05, 0.1) is 12.7 Å². The molecule has 4 heteroatoms. The molecule has 22 heavy (non-hydrogen) atoms. The fourth-order valence-corrected chi connectivity index (χ4v) is 2.07. The van der Waals surface area contributed by atoms with Crippen LogP contribution in [0.4, 0.5) is 0 Å². The topological polar surface area (TPSA) is 55.4 Å². The second-order valence-corrected chi connectivity index (χ2v) is 4.95. The summed E-state index contributed by atoms with van der Waals surface area (Å²) in [5, 5.41) is 2.88. The lowest BCUT2D eigenvalue weighted by Gasteiger charge is -2.06. The van der Waals surface area contributed by atoms with Crippen LogP contribution in [-0.2, 0) is 22.5 Å². The highest BCUT2D eigenvalue weighted by Crippen LogP contribution is 2.06. The van der Waals surface area contributed by atoms with Gasteiger partial charge in [0.1, 0.15) is 0 Å². The van der Waals surface area contributed by atoms with Crippen LogP contribution in [-0.4, -0.2) is 19.0 Å². The molecule has 114 valence electrons. The van der Waals surface area contributed by atoms with E-state index in [1.54, 1.807) is 12.1 Å². The van der Waals surface area contributed by atoms with E-state index in [2.05, 4.69) is 10.1 Å². The lowest BCUT2D eigenvalue weighted by molar-refractivity contribution is -0.121. The number of methoxy groups -OCH3 is 1. The Hall–Kier alpha value is -2.62. The second kappa shape index (κ2) is 7.98. The van der Waals surface area contributed by atoms with E-state index in [4.69, 9.17) is 0 Å². The molecule has 0 heterocycles. The SMILES string of the molecule is COC(=O)c1ccc(CNC(=O)CCc2ccccc2)cc1. The van der Waals surface area contributed by atoms with Gasteiger partial charge in [0, 0.05) is 13.0 Å². The van der Waals surface area contributed by atoms with Crippen molar-refractivity contribution in [1.29, 1.82) is 0 Å². The number of carbonyl (C=O) groups is 2. The van der Waals surface area contributed by atoms with Crippen LogP contribution in [0, 0.1) is 0 Å². The summed E-state index contributed by atoms with van der Waals surface area (Å²) >= 11 is 0. The van der Waals surface area contributed by atoms with E-state index in [-0.39, 0.29) is 11.9 Å². The van der Waals surface area contributed by atoms with Crippen molar-refractivity contribution in [2.24, 2.45) is 0 Å². The van der Waals surface area contributed by atoms with Crippen molar-refractivity contribution >= 4 is 11.9 Å². The van der Waals surface area contributed by atoms with Crippen molar-refractivity contribution in [2.45, 2.75) is 19.4 Å². The predicted octanol–water partition coefficient (Wildman–Crippen LogP) is 2.72. The number of rotatable bonds is 6. The van der Waals surface area contributed by atoms with Crippen molar-refractivity contribution < 1.29 is 14.3 Å². The summed E-state index contributed by atoms with van der Waals surface area (Å²) < 4.78 is 4.64. The average Bonchev–Trinajstić information content (AvgIpc) is 2.58. The molecule has 2 rings (SSSR count). The normalized spacial score (nSPS) is 10.0. The number of esters is 1. The van der Waals surface area contributed by atoms with Gasteiger partial charge in [0.15, 0.2) is 0 Å². The quantitative estimate of drug-likeness (QED) is 0.834. The molecule has 0 aliphatic carbocycles. The zero-order chi connectivity index (χ0) is 15.8. The van der Waals surface area contributed by atoms with E-state index in [9.17, 15) is 9.59 Å². The molecule has 1 amide bonds. The molecular weight excluding hydrogens is 278 g/mol. The van der Waals surface area contributed by atoms with Crippen molar-refractivity contribution in [3.8, 4) is 0 Å². The Labute approximate surface area is 130 Å². The number of ether oxygens (including phenoxy) is 1. The van der Waals surface area contributed by atoms with Gasteiger partial charge in [-0.15, -0.1) is 0 Å². The summed E-state index contributed by atoms with van der Waals surface area (Å²) in [6, 6.07) is 16.9. The van der Waals surface area contributed by atoms with E-state index in [1.807, 2.05) is 42.5 Å². The fourth-order valence-electron chi connectivity index (χ4n) is 2.07. The van der Waals surface area contributed by atoms with Gasteiger partial charge >= 0.3 is 5.97 Å². The fraction of sp³-hybridized carbons (Fsp3) is 0.222. The molecule has 0 aromatic heterocycles. The number of benzene rings is 2. The number of hydrogen-bond acceptors (Lipinski definition) is 3. The van der Waals surface area contributed by atoms with Crippen LogP contribution in [0.1, 0.15) is 27.9 Å². The molecular formula is C18H19NO3. The monoisotopic (exact) mass is 297 g/mol. The molecule has 0 unspecified atom stereocenters. The summed E-state index contributed by atoms with van der Waals surface area (Å²) in [4.78, 5) is 23.1. The number of amides is 1. The van der Waals surface area contributed by atoms with Gasteiger partial charge in [0.2, 0.25) is 5.91 Å². The molecule has 4 nitrogen and oxygen atoms in total. The Kier molecular flexibility index (Phi) is 5.72. The third-order valence-corrected chi connectivity index (χ3v) is 3.35. The maximum atomic E-state index is 11.8. The molecule has 0 atom stereocenters. The summed E-state index contributed by atoms with van der Waals surface area (Å²) in [7, 11) is 1.35. The highest BCUT2D eigenvalue weighted by Gasteiger charge is 2.05. The molecule has 0 aliphatic heterocycles. The Bertz CT molecular complexity index is 621. The second-order valence-electron chi connectivity index (χ2n) is 4.95. The van der Waals surface area contributed by atoms with E-state index in [0.29, 0.717) is 18.5 Å². The van der Waals surface area contributed by atoms with E-state index >= 15 is 0 Å². The first-order chi connectivity index (χ1) is 10.7. The predicted molar refractivity (Wildman–Crippen MR) is 84.4 cm³/mol. The van der Waals surface area contributed by atoms with Crippen LogP contribution in [0.2, 0.25) is 0 Å². The highest BCUT2D eigenvalue weighted by molar-refractivity contribution is 5.89. The molecule has 0 saturated carbocycles. The van der Waals surface area contributed by atoms with Gasteiger partial charge in [-0.05, 0) is 29.7 Å². The van der Waals surface area contributed by atoms with Crippen LogP contribution in [0.15, 0.2) is 54.6 Å². The molecule has 1 N–H and O–H groups in total. The van der Waals surface area contributed by atoms with Gasteiger partial charge in [-0.1, -0.05) is 42.5 Å². The molecule has 2 aromatic carbocycles. The Morgan fingerprint density at radius 1 is 0.955 bits per heavy atom. The third kappa shape index (κ3) is 4.74. The number of hydrogen-bond donors (Lipinski definition) is 1. The number of aryl methyl sites for hydroxylation is 1. The zero-order valence-corrected chi connectivity index (χ0v) is 12.5. The summed E-state index contributed by atoms with van der Waals surface area (Å²) in [5.41, 5.74) is 2.60. The standard InChI is InChI=1S/C18H19NO3/c1-22-18(21)16-10-7-15(8-11-16)13-19-17(20)12-9-14-5-3-2-4-6-14/h2-8,10-11H,9,12-13H2,1H3,(H,19,20). The van der Waals surface area contributed by atoms with Crippen LogP contribution < -0.4 is 5.32 Å². The van der Waals surface area contributed by atoms with Crippen molar-refractivity contribution in [1.82, 2.24) is 5.32 Å². The molecule has 0 spiro atoms. The summed E-state index contributed by atoms with van der Waals surface area (Å²) in [6.45, 7) is 0.453. The van der Waals surface area contributed by atoms with E-state index in [1.165, 1.54) is 7.11 Å². The summed E-state index contributed by atoms with van der Waals surface area (Å²) in [5.74, 6) is -0.348. The smallest absolute Gasteiger partial charge is 0.337 e. The summed E-state index contributed by atoms with van der Waals surface area (Å²) in [6.07, 6.45) is 1.19. The minimum atomic E-state index is -0.363. The van der Waals surface area contributed by atoms with Gasteiger partial charge in [-0.3, -0.25) is 4.79 Å². The zero-order valence-electron chi connectivity index (χ0n) is 12.5. The molecule has 0 saturated heterocycles.